The maximum atomic E-state index is 12.7. The molecule has 0 aromatic heterocycles. The SMILES string of the molecule is Nc1cc2c3c(cccc3c1)C(=O)N2C1CCC(=O)NC1. The molecule has 2 aromatic carbocycles. The molecule has 0 saturated carbocycles. The van der Waals surface area contributed by atoms with Gasteiger partial charge in [-0.2, -0.15) is 0 Å². The number of nitrogens with two attached hydrogens (primary N) is 1. The van der Waals surface area contributed by atoms with Gasteiger partial charge in [0.15, 0.2) is 0 Å². The number of hydrogen-bond acceptors (Lipinski definition) is 3. The molecular formula is C16H15N3O2. The summed E-state index contributed by atoms with van der Waals surface area (Å²) >= 11 is 0. The molecule has 1 unspecified atom stereocenters. The van der Waals surface area contributed by atoms with Crippen molar-refractivity contribution in [2.75, 3.05) is 17.2 Å². The van der Waals surface area contributed by atoms with Crippen molar-refractivity contribution in [2.24, 2.45) is 0 Å². The Balaban J connectivity index is 1.86. The summed E-state index contributed by atoms with van der Waals surface area (Å²) < 4.78 is 0. The number of carbonyl (C=O) groups is 2. The van der Waals surface area contributed by atoms with Gasteiger partial charge in [0, 0.05) is 29.6 Å². The number of benzene rings is 2. The van der Waals surface area contributed by atoms with Gasteiger partial charge >= 0.3 is 0 Å². The molecule has 1 fully saturated rings. The smallest absolute Gasteiger partial charge is 0.259 e. The van der Waals surface area contributed by atoms with E-state index in [-0.39, 0.29) is 17.9 Å². The van der Waals surface area contributed by atoms with Gasteiger partial charge in [-0.1, -0.05) is 12.1 Å². The fourth-order valence-electron chi connectivity index (χ4n) is 3.34. The van der Waals surface area contributed by atoms with Crippen molar-refractivity contribution in [3.8, 4) is 0 Å². The third-order valence-electron chi connectivity index (χ3n) is 4.29. The Labute approximate surface area is 121 Å². The molecule has 0 bridgehead atoms. The lowest BCUT2D eigenvalue weighted by Gasteiger charge is -2.32. The molecule has 0 aliphatic carbocycles. The van der Waals surface area contributed by atoms with Crippen LogP contribution >= 0.6 is 0 Å². The molecular weight excluding hydrogens is 266 g/mol. The largest absolute Gasteiger partial charge is 0.399 e. The molecule has 5 nitrogen and oxygen atoms in total. The number of nitrogens with zero attached hydrogens (tertiary/aromatic N) is 1. The van der Waals surface area contributed by atoms with Gasteiger partial charge in [-0.15, -0.1) is 0 Å². The normalized spacial score (nSPS) is 21.0. The highest BCUT2D eigenvalue weighted by molar-refractivity contribution is 6.25. The van der Waals surface area contributed by atoms with Crippen LogP contribution in [0.25, 0.3) is 10.8 Å². The molecule has 1 saturated heterocycles. The van der Waals surface area contributed by atoms with Gasteiger partial charge in [-0.05, 0) is 30.0 Å². The molecule has 2 aliphatic rings. The number of carbonyl (C=O) groups excluding carboxylic acids is 2. The minimum absolute atomic E-state index is 0.00217. The van der Waals surface area contributed by atoms with E-state index in [1.165, 1.54) is 0 Å². The zero-order valence-corrected chi connectivity index (χ0v) is 11.4. The summed E-state index contributed by atoms with van der Waals surface area (Å²) in [6.45, 7) is 0.495. The van der Waals surface area contributed by atoms with Crippen LogP contribution in [0.2, 0.25) is 0 Å². The number of amides is 2. The summed E-state index contributed by atoms with van der Waals surface area (Å²) in [4.78, 5) is 25.9. The van der Waals surface area contributed by atoms with Crippen molar-refractivity contribution < 1.29 is 9.59 Å². The Morgan fingerprint density at radius 2 is 2.10 bits per heavy atom. The van der Waals surface area contributed by atoms with Crippen LogP contribution in [0.5, 0.6) is 0 Å². The fraction of sp³-hybridized carbons (Fsp3) is 0.250. The standard InChI is InChI=1S/C16H15N3O2/c17-10-6-9-2-1-3-12-15(9)13(7-10)19(16(12)21)11-4-5-14(20)18-8-11/h1-3,6-7,11H,4-5,8,17H2,(H,18,20). The quantitative estimate of drug-likeness (QED) is 0.781. The van der Waals surface area contributed by atoms with Crippen LogP contribution in [0, 0.1) is 0 Å². The Morgan fingerprint density at radius 1 is 1.24 bits per heavy atom. The second-order valence-corrected chi connectivity index (χ2v) is 5.62. The van der Waals surface area contributed by atoms with E-state index in [9.17, 15) is 9.59 Å². The first-order valence-corrected chi connectivity index (χ1v) is 7.07. The van der Waals surface area contributed by atoms with E-state index in [0.717, 1.165) is 22.0 Å². The number of hydrogen-bond donors (Lipinski definition) is 2. The lowest BCUT2D eigenvalue weighted by Crippen LogP contribution is -2.49. The summed E-state index contributed by atoms with van der Waals surface area (Å²) in [5.74, 6) is 0.0514. The first-order valence-electron chi connectivity index (χ1n) is 7.07. The van der Waals surface area contributed by atoms with Crippen molar-refractivity contribution in [1.29, 1.82) is 0 Å². The lowest BCUT2D eigenvalue weighted by molar-refractivity contribution is -0.122. The molecule has 2 aliphatic heterocycles. The third kappa shape index (κ3) is 1.70. The van der Waals surface area contributed by atoms with E-state index < -0.39 is 0 Å². The number of piperidine rings is 1. The molecule has 5 heteroatoms. The molecule has 0 radical (unpaired) electrons. The molecule has 2 amide bonds. The predicted molar refractivity (Wildman–Crippen MR) is 81.2 cm³/mol. The Bertz CT molecular complexity index is 774. The predicted octanol–water partition coefficient (Wildman–Crippen LogP) is 1.66. The maximum Gasteiger partial charge on any atom is 0.259 e. The van der Waals surface area contributed by atoms with Crippen LogP contribution in [-0.4, -0.2) is 24.4 Å². The average molecular weight is 281 g/mol. The molecule has 1 atom stereocenters. The third-order valence-corrected chi connectivity index (χ3v) is 4.29. The minimum atomic E-state index is -0.00685. The maximum absolute atomic E-state index is 12.7. The highest BCUT2D eigenvalue weighted by Crippen LogP contribution is 2.40. The molecule has 21 heavy (non-hydrogen) atoms. The zero-order chi connectivity index (χ0) is 14.6. The van der Waals surface area contributed by atoms with Crippen LogP contribution in [0.1, 0.15) is 23.2 Å². The van der Waals surface area contributed by atoms with Crippen LogP contribution in [0.15, 0.2) is 30.3 Å². The highest BCUT2D eigenvalue weighted by atomic mass is 16.2. The van der Waals surface area contributed by atoms with E-state index in [4.69, 9.17) is 5.73 Å². The summed E-state index contributed by atoms with van der Waals surface area (Å²) in [5.41, 5.74) is 8.21. The number of nitrogen functional groups attached to an aromatic ring is 1. The average Bonchev–Trinajstić information content (AvgIpc) is 2.75. The van der Waals surface area contributed by atoms with Crippen LogP contribution in [0.3, 0.4) is 0 Å². The Kier molecular flexibility index (Phi) is 2.45. The topological polar surface area (TPSA) is 75.4 Å². The Hall–Kier alpha value is -2.56. The zero-order valence-electron chi connectivity index (χ0n) is 11.4. The number of rotatable bonds is 1. The van der Waals surface area contributed by atoms with Crippen LogP contribution < -0.4 is 16.0 Å². The number of anilines is 2. The van der Waals surface area contributed by atoms with E-state index >= 15 is 0 Å². The monoisotopic (exact) mass is 281 g/mol. The van der Waals surface area contributed by atoms with Gasteiger partial charge in [-0.3, -0.25) is 9.59 Å². The van der Waals surface area contributed by atoms with Gasteiger partial charge in [0.25, 0.3) is 5.91 Å². The molecule has 4 rings (SSSR count). The molecule has 3 N–H and O–H groups in total. The van der Waals surface area contributed by atoms with E-state index in [2.05, 4.69) is 5.32 Å². The van der Waals surface area contributed by atoms with Crippen molar-refractivity contribution in [3.05, 3.63) is 35.9 Å². The second-order valence-electron chi connectivity index (χ2n) is 5.62. The molecule has 2 heterocycles. The van der Waals surface area contributed by atoms with Crippen LogP contribution in [-0.2, 0) is 4.79 Å². The Morgan fingerprint density at radius 3 is 2.86 bits per heavy atom. The fourth-order valence-corrected chi connectivity index (χ4v) is 3.34. The summed E-state index contributed by atoms with van der Waals surface area (Å²) in [6, 6.07) is 9.44. The van der Waals surface area contributed by atoms with E-state index in [1.54, 1.807) is 4.90 Å². The minimum Gasteiger partial charge on any atom is -0.399 e. The van der Waals surface area contributed by atoms with Crippen molar-refractivity contribution in [1.82, 2.24) is 5.32 Å². The summed E-state index contributed by atoms with van der Waals surface area (Å²) in [6.07, 6.45) is 1.14. The van der Waals surface area contributed by atoms with Gasteiger partial charge in [0.1, 0.15) is 0 Å². The van der Waals surface area contributed by atoms with Crippen molar-refractivity contribution in [2.45, 2.75) is 18.9 Å². The lowest BCUT2D eigenvalue weighted by atomic mass is 10.0. The first kappa shape index (κ1) is 12.2. The van der Waals surface area contributed by atoms with E-state index in [1.807, 2.05) is 30.3 Å². The van der Waals surface area contributed by atoms with Crippen molar-refractivity contribution in [3.63, 3.8) is 0 Å². The first-order chi connectivity index (χ1) is 10.1. The van der Waals surface area contributed by atoms with Crippen molar-refractivity contribution >= 4 is 34.0 Å². The molecule has 106 valence electrons. The van der Waals surface area contributed by atoms with E-state index in [0.29, 0.717) is 25.1 Å². The van der Waals surface area contributed by atoms with Gasteiger partial charge in [0.05, 0.1) is 11.7 Å². The van der Waals surface area contributed by atoms with Gasteiger partial charge in [0.2, 0.25) is 5.91 Å². The number of nitrogens with one attached hydrogen (secondary N) is 1. The summed E-state index contributed by atoms with van der Waals surface area (Å²) in [7, 11) is 0. The van der Waals surface area contributed by atoms with Gasteiger partial charge < -0.3 is 16.0 Å². The van der Waals surface area contributed by atoms with Crippen LogP contribution in [0.4, 0.5) is 11.4 Å². The molecule has 2 aromatic rings. The second kappa shape index (κ2) is 4.22. The highest BCUT2D eigenvalue weighted by Gasteiger charge is 2.36. The van der Waals surface area contributed by atoms with Gasteiger partial charge in [-0.25, -0.2) is 0 Å². The molecule has 0 spiro atoms. The summed E-state index contributed by atoms with van der Waals surface area (Å²) in [5, 5.41) is 4.79.